The monoisotopic (exact) mass is 183 g/mol. The molecule has 1 rings (SSSR count). The van der Waals surface area contributed by atoms with Crippen LogP contribution in [0.15, 0.2) is 0 Å². The largest absolute Gasteiger partial charge is 0.312 e. The van der Waals surface area contributed by atoms with Crippen LogP contribution in [0.3, 0.4) is 0 Å². The van der Waals surface area contributed by atoms with Crippen molar-refractivity contribution < 1.29 is 0 Å². The van der Waals surface area contributed by atoms with E-state index in [1.807, 2.05) is 0 Å². The van der Waals surface area contributed by atoms with Gasteiger partial charge in [0.05, 0.1) is 0 Å². The molecule has 0 radical (unpaired) electrons. The van der Waals surface area contributed by atoms with Crippen molar-refractivity contribution in [1.82, 2.24) is 5.32 Å². The SMILES string of the molecule is CCC1CCCC(NC(C)CC)C1. The summed E-state index contributed by atoms with van der Waals surface area (Å²) >= 11 is 0. The maximum absolute atomic E-state index is 3.73. The van der Waals surface area contributed by atoms with Gasteiger partial charge in [-0.3, -0.25) is 0 Å². The lowest BCUT2D eigenvalue weighted by Gasteiger charge is -2.31. The summed E-state index contributed by atoms with van der Waals surface area (Å²) < 4.78 is 0. The summed E-state index contributed by atoms with van der Waals surface area (Å²) in [5.41, 5.74) is 0. The van der Waals surface area contributed by atoms with Crippen LogP contribution in [0.2, 0.25) is 0 Å². The summed E-state index contributed by atoms with van der Waals surface area (Å²) in [6, 6.07) is 1.52. The number of rotatable bonds is 4. The van der Waals surface area contributed by atoms with Gasteiger partial charge in [0.1, 0.15) is 0 Å². The van der Waals surface area contributed by atoms with E-state index in [2.05, 4.69) is 26.1 Å². The third-order valence-electron chi connectivity index (χ3n) is 3.49. The zero-order chi connectivity index (χ0) is 9.68. The normalized spacial score (nSPS) is 31.6. The van der Waals surface area contributed by atoms with E-state index >= 15 is 0 Å². The van der Waals surface area contributed by atoms with Crippen LogP contribution in [-0.4, -0.2) is 12.1 Å². The first-order valence-electron chi connectivity index (χ1n) is 6.02. The molecule has 1 heteroatoms. The van der Waals surface area contributed by atoms with Crippen molar-refractivity contribution in [2.24, 2.45) is 5.92 Å². The van der Waals surface area contributed by atoms with E-state index in [0.717, 1.165) is 12.0 Å². The first-order chi connectivity index (χ1) is 6.26. The fourth-order valence-corrected chi connectivity index (χ4v) is 2.33. The molecular weight excluding hydrogens is 158 g/mol. The van der Waals surface area contributed by atoms with E-state index in [1.54, 1.807) is 0 Å². The fraction of sp³-hybridized carbons (Fsp3) is 1.00. The molecule has 13 heavy (non-hydrogen) atoms. The third-order valence-corrected chi connectivity index (χ3v) is 3.49. The van der Waals surface area contributed by atoms with Crippen LogP contribution in [0.1, 0.15) is 59.3 Å². The van der Waals surface area contributed by atoms with Gasteiger partial charge >= 0.3 is 0 Å². The zero-order valence-corrected chi connectivity index (χ0v) is 9.47. The van der Waals surface area contributed by atoms with Crippen LogP contribution in [0.4, 0.5) is 0 Å². The lowest BCUT2D eigenvalue weighted by atomic mass is 9.84. The number of nitrogens with one attached hydrogen (secondary N) is 1. The summed E-state index contributed by atoms with van der Waals surface area (Å²) in [6.45, 7) is 6.89. The molecule has 1 nitrogen and oxygen atoms in total. The van der Waals surface area contributed by atoms with Crippen molar-refractivity contribution in [2.45, 2.75) is 71.4 Å². The summed E-state index contributed by atoms with van der Waals surface area (Å²) in [4.78, 5) is 0. The number of hydrogen-bond donors (Lipinski definition) is 1. The minimum Gasteiger partial charge on any atom is -0.312 e. The Kier molecular flexibility index (Phi) is 4.79. The van der Waals surface area contributed by atoms with Crippen LogP contribution in [0, 0.1) is 5.92 Å². The Hall–Kier alpha value is -0.0400. The minimum absolute atomic E-state index is 0.709. The predicted molar refractivity (Wildman–Crippen MR) is 58.9 cm³/mol. The van der Waals surface area contributed by atoms with Gasteiger partial charge in [0, 0.05) is 12.1 Å². The summed E-state index contributed by atoms with van der Waals surface area (Å²) in [5.74, 6) is 0.996. The average molecular weight is 183 g/mol. The van der Waals surface area contributed by atoms with E-state index in [9.17, 15) is 0 Å². The predicted octanol–water partition coefficient (Wildman–Crippen LogP) is 3.34. The van der Waals surface area contributed by atoms with Gasteiger partial charge in [0.2, 0.25) is 0 Å². The molecule has 0 aliphatic heterocycles. The first kappa shape index (κ1) is 11.0. The van der Waals surface area contributed by atoms with Gasteiger partial charge < -0.3 is 5.32 Å². The fourth-order valence-electron chi connectivity index (χ4n) is 2.33. The molecule has 0 aromatic rings. The molecule has 78 valence electrons. The molecule has 1 aliphatic rings. The van der Waals surface area contributed by atoms with Gasteiger partial charge in [0.15, 0.2) is 0 Å². The molecule has 1 aliphatic carbocycles. The van der Waals surface area contributed by atoms with Gasteiger partial charge in [-0.15, -0.1) is 0 Å². The summed E-state index contributed by atoms with van der Waals surface area (Å²) in [5, 5.41) is 3.73. The lowest BCUT2D eigenvalue weighted by molar-refractivity contribution is 0.263. The van der Waals surface area contributed by atoms with E-state index in [-0.39, 0.29) is 0 Å². The maximum Gasteiger partial charge on any atom is 0.00721 e. The Labute approximate surface area is 83.3 Å². The smallest absolute Gasteiger partial charge is 0.00721 e. The van der Waals surface area contributed by atoms with Crippen molar-refractivity contribution >= 4 is 0 Å². The topological polar surface area (TPSA) is 12.0 Å². The Morgan fingerprint density at radius 3 is 2.69 bits per heavy atom. The molecular formula is C12H25N. The molecule has 1 N–H and O–H groups in total. The van der Waals surface area contributed by atoms with Crippen LogP contribution in [0.25, 0.3) is 0 Å². The summed E-state index contributed by atoms with van der Waals surface area (Å²) in [6.07, 6.45) is 8.36. The zero-order valence-electron chi connectivity index (χ0n) is 9.47. The second-order valence-electron chi connectivity index (χ2n) is 4.61. The molecule has 3 unspecified atom stereocenters. The molecule has 3 atom stereocenters. The van der Waals surface area contributed by atoms with Gasteiger partial charge in [0.25, 0.3) is 0 Å². The van der Waals surface area contributed by atoms with Crippen LogP contribution in [-0.2, 0) is 0 Å². The standard InChI is InChI=1S/C12H25N/c1-4-10(3)13-12-8-6-7-11(5-2)9-12/h10-13H,4-9H2,1-3H3. The molecule has 0 bridgehead atoms. The van der Waals surface area contributed by atoms with E-state index in [0.29, 0.717) is 6.04 Å². The first-order valence-corrected chi connectivity index (χ1v) is 6.02. The Morgan fingerprint density at radius 2 is 2.08 bits per heavy atom. The third kappa shape index (κ3) is 3.68. The lowest BCUT2D eigenvalue weighted by Crippen LogP contribution is -2.39. The second kappa shape index (κ2) is 5.64. The highest BCUT2D eigenvalue weighted by Gasteiger charge is 2.20. The van der Waals surface area contributed by atoms with Crippen molar-refractivity contribution in [2.75, 3.05) is 0 Å². The Balaban J connectivity index is 2.25. The molecule has 0 aromatic heterocycles. The van der Waals surface area contributed by atoms with Crippen molar-refractivity contribution in [3.8, 4) is 0 Å². The average Bonchev–Trinajstić information content (AvgIpc) is 2.18. The van der Waals surface area contributed by atoms with Crippen molar-refractivity contribution in [3.63, 3.8) is 0 Å². The molecule has 0 spiro atoms. The molecule has 0 heterocycles. The van der Waals surface area contributed by atoms with Crippen molar-refractivity contribution in [1.29, 1.82) is 0 Å². The Morgan fingerprint density at radius 1 is 1.31 bits per heavy atom. The van der Waals surface area contributed by atoms with Crippen LogP contribution < -0.4 is 5.32 Å². The van der Waals surface area contributed by atoms with Crippen LogP contribution >= 0.6 is 0 Å². The highest BCUT2D eigenvalue weighted by molar-refractivity contribution is 4.79. The van der Waals surface area contributed by atoms with Crippen LogP contribution in [0.5, 0.6) is 0 Å². The molecule has 1 saturated carbocycles. The second-order valence-corrected chi connectivity index (χ2v) is 4.61. The van der Waals surface area contributed by atoms with Crippen molar-refractivity contribution in [3.05, 3.63) is 0 Å². The van der Waals surface area contributed by atoms with Gasteiger partial charge in [-0.2, -0.15) is 0 Å². The summed E-state index contributed by atoms with van der Waals surface area (Å²) in [7, 11) is 0. The van der Waals surface area contributed by atoms with Gasteiger partial charge in [-0.05, 0) is 32.1 Å². The molecule has 0 saturated heterocycles. The number of hydrogen-bond acceptors (Lipinski definition) is 1. The minimum atomic E-state index is 0.709. The van der Waals surface area contributed by atoms with Gasteiger partial charge in [-0.1, -0.05) is 33.1 Å². The highest BCUT2D eigenvalue weighted by atomic mass is 14.9. The van der Waals surface area contributed by atoms with E-state index in [1.165, 1.54) is 38.5 Å². The molecule has 0 aromatic carbocycles. The quantitative estimate of drug-likeness (QED) is 0.705. The maximum atomic E-state index is 3.73. The Bertz CT molecular complexity index is 131. The van der Waals surface area contributed by atoms with E-state index in [4.69, 9.17) is 0 Å². The molecule has 1 fully saturated rings. The molecule has 0 amide bonds. The van der Waals surface area contributed by atoms with Gasteiger partial charge in [-0.25, -0.2) is 0 Å². The highest BCUT2D eigenvalue weighted by Crippen LogP contribution is 2.26. The van der Waals surface area contributed by atoms with E-state index < -0.39 is 0 Å².